The molecule has 6 nitrogen and oxygen atoms in total. The molecule has 26 heavy (non-hydrogen) atoms. The van der Waals surface area contributed by atoms with Crippen molar-refractivity contribution in [3.8, 4) is 10.6 Å². The van der Waals surface area contributed by atoms with Crippen molar-refractivity contribution in [2.24, 2.45) is 5.41 Å². The number of fused-ring (bicyclic) bond motifs is 1. The van der Waals surface area contributed by atoms with Gasteiger partial charge in [0, 0.05) is 29.8 Å². The first kappa shape index (κ1) is 17.3. The zero-order valence-corrected chi connectivity index (χ0v) is 16.5. The van der Waals surface area contributed by atoms with Gasteiger partial charge in [0.2, 0.25) is 0 Å². The van der Waals surface area contributed by atoms with Gasteiger partial charge in [-0.2, -0.15) is 5.10 Å². The van der Waals surface area contributed by atoms with E-state index >= 15 is 0 Å². The summed E-state index contributed by atoms with van der Waals surface area (Å²) in [5, 5.41) is 14.2. The van der Waals surface area contributed by atoms with Crippen LogP contribution in [0, 0.1) is 5.41 Å². The summed E-state index contributed by atoms with van der Waals surface area (Å²) in [5.41, 5.74) is 3.28. The lowest BCUT2D eigenvalue weighted by atomic mass is 9.89. The van der Waals surface area contributed by atoms with Crippen molar-refractivity contribution in [2.45, 2.75) is 33.2 Å². The Balaban J connectivity index is 1.72. The van der Waals surface area contributed by atoms with E-state index in [4.69, 9.17) is 9.72 Å². The van der Waals surface area contributed by atoms with Crippen LogP contribution in [0.15, 0.2) is 24.4 Å². The van der Waals surface area contributed by atoms with E-state index in [-0.39, 0.29) is 11.0 Å². The number of rotatable bonds is 5. The summed E-state index contributed by atoms with van der Waals surface area (Å²) in [5.74, 6) is 0.886. The number of pyridine rings is 1. The van der Waals surface area contributed by atoms with Gasteiger partial charge in [-0.05, 0) is 32.9 Å². The van der Waals surface area contributed by atoms with E-state index in [0.717, 1.165) is 52.1 Å². The van der Waals surface area contributed by atoms with Crippen LogP contribution in [-0.2, 0) is 4.74 Å². The highest BCUT2D eigenvalue weighted by molar-refractivity contribution is 7.22. The van der Waals surface area contributed by atoms with E-state index < -0.39 is 0 Å². The van der Waals surface area contributed by atoms with Crippen molar-refractivity contribution in [1.29, 1.82) is 0 Å². The van der Waals surface area contributed by atoms with Crippen molar-refractivity contribution >= 4 is 33.1 Å². The highest BCUT2D eigenvalue weighted by atomic mass is 32.1. The van der Waals surface area contributed by atoms with Crippen LogP contribution >= 0.6 is 11.3 Å². The monoisotopic (exact) mass is 371 g/mol. The molecule has 0 bridgehead atoms. The number of aromatic nitrogens is 3. The lowest BCUT2D eigenvalue weighted by molar-refractivity contribution is -0.0924. The third-order valence-corrected chi connectivity index (χ3v) is 5.55. The number of aromatic amines is 1. The topological polar surface area (TPSA) is 74.9 Å². The lowest BCUT2D eigenvalue weighted by Crippen LogP contribution is -2.45. The second kappa shape index (κ2) is 6.25. The minimum atomic E-state index is -0.0477. The highest BCUT2D eigenvalue weighted by Crippen LogP contribution is 2.38. The first-order chi connectivity index (χ1) is 12.3. The molecule has 3 N–H and O–H groups in total. The Kier molecular flexibility index (Phi) is 4.16. The molecule has 4 heterocycles. The summed E-state index contributed by atoms with van der Waals surface area (Å²) < 4.78 is 6.55. The van der Waals surface area contributed by atoms with Gasteiger partial charge in [-0.1, -0.05) is 6.92 Å². The molecular formula is C19H25N5OS. The van der Waals surface area contributed by atoms with Crippen molar-refractivity contribution in [1.82, 2.24) is 15.2 Å². The third kappa shape index (κ3) is 3.54. The molecule has 0 spiro atoms. The van der Waals surface area contributed by atoms with E-state index in [1.54, 1.807) is 17.5 Å². The van der Waals surface area contributed by atoms with E-state index in [2.05, 4.69) is 60.7 Å². The first-order valence-corrected chi connectivity index (χ1v) is 9.67. The molecule has 0 unspecified atom stereocenters. The zero-order chi connectivity index (χ0) is 18.4. The molecule has 0 aliphatic carbocycles. The Bertz CT molecular complexity index is 906. The van der Waals surface area contributed by atoms with E-state index in [9.17, 15) is 0 Å². The van der Waals surface area contributed by atoms with Crippen LogP contribution in [-0.4, -0.2) is 40.5 Å². The average molecular weight is 372 g/mol. The highest BCUT2D eigenvalue weighted by Gasteiger charge is 2.33. The maximum atomic E-state index is 5.38. The maximum Gasteiger partial charge on any atom is 0.129 e. The van der Waals surface area contributed by atoms with Gasteiger partial charge in [-0.15, -0.1) is 11.3 Å². The molecule has 0 saturated carbocycles. The molecule has 4 rings (SSSR count). The van der Waals surface area contributed by atoms with Crippen LogP contribution in [0.2, 0.25) is 0 Å². The molecule has 1 aliphatic rings. The Morgan fingerprint density at radius 2 is 2.12 bits per heavy atom. The molecule has 1 saturated heterocycles. The second-order valence-electron chi connectivity index (χ2n) is 8.38. The molecule has 0 amide bonds. The Hall–Kier alpha value is -2.12. The Labute approximate surface area is 157 Å². The van der Waals surface area contributed by atoms with Crippen molar-refractivity contribution in [2.75, 3.05) is 30.4 Å². The molecule has 138 valence electrons. The van der Waals surface area contributed by atoms with E-state index in [0.29, 0.717) is 0 Å². The number of hydrogen-bond acceptors (Lipinski definition) is 6. The summed E-state index contributed by atoms with van der Waals surface area (Å²) in [4.78, 5) is 5.97. The number of ether oxygens (including phenoxy) is 1. The van der Waals surface area contributed by atoms with Crippen LogP contribution < -0.4 is 10.6 Å². The molecule has 3 aromatic rings. The SMILES string of the molecule is CC1(CNc2cc(NC(C)(C)C)nc3cc(-c4ccn[nH]4)sc23)COC1. The minimum Gasteiger partial charge on any atom is -0.383 e. The summed E-state index contributed by atoms with van der Waals surface area (Å²) in [6.45, 7) is 11.2. The Morgan fingerprint density at radius 3 is 2.73 bits per heavy atom. The summed E-state index contributed by atoms with van der Waals surface area (Å²) in [7, 11) is 0. The van der Waals surface area contributed by atoms with Gasteiger partial charge < -0.3 is 15.4 Å². The average Bonchev–Trinajstić information content (AvgIpc) is 3.17. The molecule has 1 fully saturated rings. The number of nitrogens with one attached hydrogen (secondary N) is 3. The smallest absolute Gasteiger partial charge is 0.129 e. The largest absolute Gasteiger partial charge is 0.383 e. The first-order valence-electron chi connectivity index (χ1n) is 8.86. The van der Waals surface area contributed by atoms with Crippen LogP contribution in [0.4, 0.5) is 11.5 Å². The number of thiophene rings is 1. The normalized spacial score (nSPS) is 16.5. The van der Waals surface area contributed by atoms with Gasteiger partial charge >= 0.3 is 0 Å². The fraction of sp³-hybridized carbons (Fsp3) is 0.474. The van der Waals surface area contributed by atoms with Gasteiger partial charge in [-0.25, -0.2) is 4.98 Å². The maximum absolute atomic E-state index is 5.38. The lowest BCUT2D eigenvalue weighted by Gasteiger charge is -2.38. The van der Waals surface area contributed by atoms with Gasteiger partial charge in [0.25, 0.3) is 0 Å². The zero-order valence-electron chi connectivity index (χ0n) is 15.6. The molecule has 3 aromatic heterocycles. The van der Waals surface area contributed by atoms with E-state index in [1.807, 2.05) is 6.07 Å². The standard InChI is InChI=1S/C19H25N5OS/c1-18(2,3)23-16-8-13(20-9-19(4)10-25-11-19)17-14(22-16)7-15(26-17)12-5-6-21-24-12/h5-8H,9-11H2,1-4H3,(H,21,24)(H2,20,22,23). The van der Waals surface area contributed by atoms with Crippen LogP contribution in [0.5, 0.6) is 0 Å². The van der Waals surface area contributed by atoms with Crippen molar-refractivity contribution in [3.05, 3.63) is 24.4 Å². The van der Waals surface area contributed by atoms with Crippen molar-refractivity contribution < 1.29 is 4.74 Å². The van der Waals surface area contributed by atoms with Crippen molar-refractivity contribution in [3.63, 3.8) is 0 Å². The quantitative estimate of drug-likeness (QED) is 0.622. The summed E-state index contributed by atoms with van der Waals surface area (Å²) in [6, 6.07) is 6.23. The molecule has 1 aliphatic heterocycles. The number of H-pyrrole nitrogens is 1. The second-order valence-corrected chi connectivity index (χ2v) is 9.43. The molecule has 7 heteroatoms. The summed E-state index contributed by atoms with van der Waals surface area (Å²) in [6.07, 6.45) is 1.77. The predicted molar refractivity (Wildman–Crippen MR) is 108 cm³/mol. The molecule has 0 radical (unpaired) electrons. The fourth-order valence-electron chi connectivity index (χ4n) is 2.99. The van der Waals surface area contributed by atoms with Gasteiger partial charge in [0.15, 0.2) is 0 Å². The van der Waals surface area contributed by atoms with Gasteiger partial charge in [-0.3, -0.25) is 5.10 Å². The van der Waals surface area contributed by atoms with Crippen LogP contribution in [0.1, 0.15) is 27.7 Å². The third-order valence-electron chi connectivity index (χ3n) is 4.35. The molecular weight excluding hydrogens is 346 g/mol. The molecule has 0 atom stereocenters. The van der Waals surface area contributed by atoms with Crippen LogP contribution in [0.25, 0.3) is 20.8 Å². The summed E-state index contributed by atoms with van der Waals surface area (Å²) >= 11 is 1.73. The van der Waals surface area contributed by atoms with Crippen LogP contribution in [0.3, 0.4) is 0 Å². The molecule has 0 aromatic carbocycles. The number of anilines is 2. The van der Waals surface area contributed by atoms with E-state index in [1.165, 1.54) is 0 Å². The number of nitrogens with zero attached hydrogens (tertiary/aromatic N) is 2. The predicted octanol–water partition coefficient (Wildman–Crippen LogP) is 4.35. The minimum absolute atomic E-state index is 0.0477. The fourth-order valence-corrected chi connectivity index (χ4v) is 4.05. The number of hydrogen-bond donors (Lipinski definition) is 3. The van der Waals surface area contributed by atoms with Gasteiger partial charge in [0.1, 0.15) is 5.82 Å². The Morgan fingerprint density at radius 1 is 1.31 bits per heavy atom. The van der Waals surface area contributed by atoms with Gasteiger partial charge in [0.05, 0.1) is 39.7 Å².